The molecule has 0 aliphatic heterocycles. The van der Waals surface area contributed by atoms with Crippen LogP contribution in [0.1, 0.15) is 0 Å². The number of non-ortho nitro benzene ring substituents is 1. The number of nitro benzene ring substituents is 1. The summed E-state index contributed by atoms with van der Waals surface area (Å²) in [5, 5.41) is 31.0. The van der Waals surface area contributed by atoms with Crippen LogP contribution in [0.3, 0.4) is 0 Å². The van der Waals surface area contributed by atoms with Crippen molar-refractivity contribution in [2.24, 2.45) is 10.2 Å². The molecule has 4 aromatic rings. The van der Waals surface area contributed by atoms with E-state index in [2.05, 4.69) is 26.5 Å². The lowest BCUT2D eigenvalue weighted by Gasteiger charge is -1.94. The minimum atomic E-state index is -0.436. The summed E-state index contributed by atoms with van der Waals surface area (Å²) in [5.41, 5.74) is 0.795. The van der Waals surface area contributed by atoms with Gasteiger partial charge in [-0.2, -0.15) is 0 Å². The number of nitro groups is 1. The topological polar surface area (TPSA) is 93.6 Å². The van der Waals surface area contributed by atoms with Crippen molar-refractivity contribution in [2.45, 2.75) is 0 Å². The molecule has 0 aliphatic carbocycles. The molecule has 0 aliphatic rings. The van der Waals surface area contributed by atoms with Gasteiger partial charge in [0.15, 0.2) is 0 Å². The highest BCUT2D eigenvalue weighted by atomic mass is 32.1. The van der Waals surface area contributed by atoms with Crippen molar-refractivity contribution < 1.29 is 4.92 Å². The fraction of sp³-hybridized carbons (Fsp3) is 0. The lowest BCUT2D eigenvalue weighted by molar-refractivity contribution is -0.384. The summed E-state index contributed by atoms with van der Waals surface area (Å²) < 4.78 is 0. The monoisotopic (exact) mass is 399 g/mol. The number of hydrogen-bond donors (Lipinski definition) is 0. The third-order valence-corrected chi connectivity index (χ3v) is 6.22. The Morgan fingerprint density at radius 1 is 0.923 bits per heavy atom. The van der Waals surface area contributed by atoms with Gasteiger partial charge in [-0.3, -0.25) is 10.1 Å². The Hall–Kier alpha value is -2.82. The van der Waals surface area contributed by atoms with Crippen LogP contribution in [0.25, 0.3) is 20.3 Å². The van der Waals surface area contributed by atoms with Crippen LogP contribution in [0.2, 0.25) is 0 Å². The molecule has 7 nitrogen and oxygen atoms in total. The second kappa shape index (κ2) is 7.20. The van der Waals surface area contributed by atoms with E-state index in [1.807, 2.05) is 23.6 Å². The van der Waals surface area contributed by atoms with E-state index in [0.29, 0.717) is 10.1 Å². The molecule has 0 atom stereocenters. The first kappa shape index (κ1) is 16.6. The summed E-state index contributed by atoms with van der Waals surface area (Å²) in [6.45, 7) is 0. The fourth-order valence-electron chi connectivity index (χ4n) is 2.12. The highest BCUT2D eigenvalue weighted by molar-refractivity contribution is 7.23. The Labute approximate surface area is 159 Å². The van der Waals surface area contributed by atoms with Crippen LogP contribution in [0.5, 0.6) is 0 Å². The second-order valence-electron chi connectivity index (χ2n) is 5.01. The first-order valence-electron chi connectivity index (χ1n) is 7.33. The highest BCUT2D eigenvalue weighted by Crippen LogP contribution is 2.37. The van der Waals surface area contributed by atoms with E-state index in [9.17, 15) is 10.1 Å². The number of benzene rings is 1. The summed E-state index contributed by atoms with van der Waals surface area (Å²) in [6, 6.07) is 14.2. The minimum absolute atomic E-state index is 0.0393. The maximum absolute atomic E-state index is 10.7. The number of thiophene rings is 2. The number of aromatic nitrogens is 2. The quantitative estimate of drug-likeness (QED) is 0.223. The molecule has 0 fully saturated rings. The summed E-state index contributed by atoms with van der Waals surface area (Å²) in [6.07, 6.45) is 0. The van der Waals surface area contributed by atoms with Gasteiger partial charge in [0, 0.05) is 27.5 Å². The van der Waals surface area contributed by atoms with Crippen molar-refractivity contribution >= 4 is 49.8 Å². The number of hydrogen-bond acceptors (Lipinski definition) is 9. The van der Waals surface area contributed by atoms with Crippen LogP contribution < -0.4 is 0 Å². The Morgan fingerprint density at radius 2 is 1.77 bits per heavy atom. The molecule has 0 N–H and O–H groups in total. The van der Waals surface area contributed by atoms with Gasteiger partial charge in [0.2, 0.25) is 0 Å². The van der Waals surface area contributed by atoms with Crippen molar-refractivity contribution in [2.75, 3.05) is 0 Å². The standard InChI is InChI=1S/C16H9N5O2S3/c22-21(23)11-5-3-10(4-6-11)15-18-20-16(26-15)19-17-14-8-7-13(25-14)12-2-1-9-24-12/h1-9H/b19-17+. The van der Waals surface area contributed by atoms with Crippen LogP contribution >= 0.6 is 34.0 Å². The molecular formula is C16H9N5O2S3. The van der Waals surface area contributed by atoms with Gasteiger partial charge >= 0.3 is 0 Å². The van der Waals surface area contributed by atoms with Crippen molar-refractivity contribution in [3.05, 3.63) is 64.0 Å². The molecule has 10 heteroatoms. The smallest absolute Gasteiger partial charge is 0.258 e. The van der Waals surface area contributed by atoms with Crippen LogP contribution in [-0.2, 0) is 0 Å². The average Bonchev–Trinajstić information content (AvgIpc) is 3.40. The lowest BCUT2D eigenvalue weighted by atomic mass is 10.2. The Balaban J connectivity index is 1.49. The first-order chi connectivity index (χ1) is 12.7. The predicted molar refractivity (Wildman–Crippen MR) is 104 cm³/mol. The first-order valence-corrected chi connectivity index (χ1v) is 9.84. The maximum Gasteiger partial charge on any atom is 0.269 e. The molecule has 3 aromatic heterocycles. The Bertz CT molecular complexity index is 1070. The Kier molecular flexibility index (Phi) is 4.61. The molecule has 0 radical (unpaired) electrons. The molecule has 0 amide bonds. The Morgan fingerprint density at radius 3 is 2.50 bits per heavy atom. The number of rotatable bonds is 5. The second-order valence-corrected chi connectivity index (χ2v) is 7.97. The molecule has 1 aromatic carbocycles. The lowest BCUT2D eigenvalue weighted by Crippen LogP contribution is -1.86. The third-order valence-electron chi connectivity index (χ3n) is 3.33. The van der Waals surface area contributed by atoms with Gasteiger partial charge in [-0.1, -0.05) is 17.4 Å². The van der Waals surface area contributed by atoms with Crippen LogP contribution in [0.15, 0.2) is 64.1 Å². The molecule has 26 heavy (non-hydrogen) atoms. The molecule has 0 spiro atoms. The molecule has 0 unspecified atom stereocenters. The molecule has 3 heterocycles. The molecule has 128 valence electrons. The maximum atomic E-state index is 10.7. The van der Waals surface area contributed by atoms with Crippen molar-refractivity contribution in [3.63, 3.8) is 0 Å². The average molecular weight is 399 g/mol. The van der Waals surface area contributed by atoms with E-state index in [-0.39, 0.29) is 5.69 Å². The predicted octanol–water partition coefficient (Wildman–Crippen LogP) is 6.32. The zero-order chi connectivity index (χ0) is 17.9. The van der Waals surface area contributed by atoms with E-state index in [1.165, 1.54) is 28.3 Å². The van der Waals surface area contributed by atoms with Crippen LogP contribution in [-0.4, -0.2) is 15.1 Å². The molecule has 0 saturated carbocycles. The van der Waals surface area contributed by atoms with Gasteiger partial charge in [-0.15, -0.1) is 43.1 Å². The largest absolute Gasteiger partial charge is 0.269 e. The van der Waals surface area contributed by atoms with E-state index in [0.717, 1.165) is 15.4 Å². The van der Waals surface area contributed by atoms with Crippen LogP contribution in [0, 0.1) is 10.1 Å². The molecule has 0 saturated heterocycles. The minimum Gasteiger partial charge on any atom is -0.258 e. The zero-order valence-corrected chi connectivity index (χ0v) is 15.4. The normalized spacial score (nSPS) is 11.2. The van der Waals surface area contributed by atoms with E-state index < -0.39 is 4.92 Å². The van der Waals surface area contributed by atoms with Gasteiger partial charge in [-0.25, -0.2) is 0 Å². The van der Waals surface area contributed by atoms with Gasteiger partial charge in [0.05, 0.1) is 4.92 Å². The van der Waals surface area contributed by atoms with E-state index in [4.69, 9.17) is 0 Å². The number of azo groups is 1. The van der Waals surface area contributed by atoms with Crippen LogP contribution in [0.4, 0.5) is 15.8 Å². The van der Waals surface area contributed by atoms with Gasteiger partial charge in [0.1, 0.15) is 10.0 Å². The zero-order valence-electron chi connectivity index (χ0n) is 13.0. The van der Waals surface area contributed by atoms with E-state index in [1.54, 1.807) is 34.8 Å². The molecule has 0 bridgehead atoms. The third kappa shape index (κ3) is 3.57. The van der Waals surface area contributed by atoms with Gasteiger partial charge < -0.3 is 0 Å². The van der Waals surface area contributed by atoms with E-state index >= 15 is 0 Å². The summed E-state index contributed by atoms with van der Waals surface area (Å²) in [5.74, 6) is 0. The highest BCUT2D eigenvalue weighted by Gasteiger charge is 2.10. The molecular weight excluding hydrogens is 390 g/mol. The SMILES string of the molecule is O=[N+]([O-])c1ccc(-c2nnc(/N=N/c3ccc(-c4cccs4)s3)s2)cc1. The molecule has 4 rings (SSSR count). The summed E-state index contributed by atoms with van der Waals surface area (Å²) >= 11 is 4.52. The van der Waals surface area contributed by atoms with Crippen molar-refractivity contribution in [3.8, 4) is 20.3 Å². The van der Waals surface area contributed by atoms with Crippen molar-refractivity contribution in [1.82, 2.24) is 10.2 Å². The van der Waals surface area contributed by atoms with Gasteiger partial charge in [-0.05, 0) is 35.7 Å². The fourth-order valence-corrected chi connectivity index (χ4v) is 4.46. The summed E-state index contributed by atoms with van der Waals surface area (Å²) in [7, 11) is 0. The summed E-state index contributed by atoms with van der Waals surface area (Å²) in [4.78, 5) is 12.6. The van der Waals surface area contributed by atoms with Gasteiger partial charge in [0.25, 0.3) is 10.8 Å². The van der Waals surface area contributed by atoms with Crippen molar-refractivity contribution in [1.29, 1.82) is 0 Å². The number of nitrogens with zero attached hydrogens (tertiary/aromatic N) is 5.